The SMILES string of the molecule is CCOC(=O)C1CNCCN1C1Cc2ccc(F)cc2Sc2ccc(C(C)C)cc21. The molecule has 2 aromatic rings. The summed E-state index contributed by atoms with van der Waals surface area (Å²) in [5.74, 6) is 0.0158. The molecule has 2 unspecified atom stereocenters. The maximum absolute atomic E-state index is 14.0. The van der Waals surface area contributed by atoms with Crippen molar-refractivity contribution in [2.24, 2.45) is 0 Å². The van der Waals surface area contributed by atoms with E-state index in [1.807, 2.05) is 13.0 Å². The van der Waals surface area contributed by atoms with Crippen molar-refractivity contribution in [2.45, 2.75) is 55.0 Å². The molecule has 2 atom stereocenters. The molecule has 2 heterocycles. The van der Waals surface area contributed by atoms with Crippen LogP contribution < -0.4 is 5.32 Å². The van der Waals surface area contributed by atoms with E-state index in [0.717, 1.165) is 34.9 Å². The van der Waals surface area contributed by atoms with Crippen molar-refractivity contribution >= 4 is 17.7 Å². The number of ether oxygens (including phenoxy) is 1. The molecule has 4 rings (SSSR count). The minimum absolute atomic E-state index is 0.0365. The van der Waals surface area contributed by atoms with Crippen molar-refractivity contribution < 1.29 is 13.9 Å². The fourth-order valence-electron chi connectivity index (χ4n) is 4.35. The number of hydrogen-bond acceptors (Lipinski definition) is 5. The number of nitrogens with one attached hydrogen (secondary N) is 1. The first-order valence-corrected chi connectivity index (χ1v) is 11.5. The predicted molar refractivity (Wildman–Crippen MR) is 117 cm³/mol. The Morgan fingerprint density at radius 1 is 1.27 bits per heavy atom. The summed E-state index contributed by atoms with van der Waals surface area (Å²) in [4.78, 5) is 17.1. The first kappa shape index (κ1) is 21.3. The third-order valence-electron chi connectivity index (χ3n) is 5.97. The van der Waals surface area contributed by atoms with Gasteiger partial charge in [-0.15, -0.1) is 0 Å². The topological polar surface area (TPSA) is 41.6 Å². The first-order chi connectivity index (χ1) is 14.5. The fourth-order valence-corrected chi connectivity index (χ4v) is 5.49. The third-order valence-corrected chi connectivity index (χ3v) is 7.16. The average Bonchev–Trinajstić information content (AvgIpc) is 2.89. The van der Waals surface area contributed by atoms with Gasteiger partial charge in [-0.25, -0.2) is 4.39 Å². The van der Waals surface area contributed by atoms with Gasteiger partial charge in [-0.1, -0.05) is 43.8 Å². The molecule has 0 spiro atoms. The van der Waals surface area contributed by atoms with Crippen LogP contribution in [0.4, 0.5) is 4.39 Å². The Bertz CT molecular complexity index is 933. The lowest BCUT2D eigenvalue weighted by Gasteiger charge is -2.40. The molecule has 4 nitrogen and oxygen atoms in total. The number of hydrogen-bond donors (Lipinski definition) is 1. The highest BCUT2D eigenvalue weighted by Gasteiger charge is 2.37. The van der Waals surface area contributed by atoms with Gasteiger partial charge in [0, 0.05) is 35.5 Å². The third kappa shape index (κ3) is 4.27. The zero-order valence-electron chi connectivity index (χ0n) is 17.8. The van der Waals surface area contributed by atoms with Gasteiger partial charge in [0.25, 0.3) is 0 Å². The predicted octanol–water partition coefficient (Wildman–Crippen LogP) is 4.53. The van der Waals surface area contributed by atoms with Gasteiger partial charge in [0.1, 0.15) is 11.9 Å². The standard InChI is InChI=1S/C24H29FN2O2S/c1-4-29-24(28)21-14-26-9-10-27(21)20-12-17-5-7-18(25)13-23(17)30-22-8-6-16(15(2)3)11-19(20)22/h5-8,11,13,15,20-21,26H,4,9-10,12,14H2,1-3H3. The van der Waals surface area contributed by atoms with Gasteiger partial charge in [0.2, 0.25) is 0 Å². The lowest BCUT2D eigenvalue weighted by Crippen LogP contribution is -2.56. The smallest absolute Gasteiger partial charge is 0.324 e. The molecular weight excluding hydrogens is 399 g/mol. The summed E-state index contributed by atoms with van der Waals surface area (Å²) in [6, 6.07) is 11.4. The Labute approximate surface area is 182 Å². The number of rotatable bonds is 4. The molecule has 2 aromatic carbocycles. The second kappa shape index (κ2) is 9.08. The van der Waals surface area contributed by atoms with Crippen LogP contribution in [0.5, 0.6) is 0 Å². The van der Waals surface area contributed by atoms with Crippen LogP contribution in [-0.2, 0) is 16.0 Å². The van der Waals surface area contributed by atoms with E-state index in [0.29, 0.717) is 19.1 Å². The number of fused-ring (bicyclic) bond motifs is 2. The highest BCUT2D eigenvalue weighted by atomic mass is 32.2. The summed E-state index contributed by atoms with van der Waals surface area (Å²) in [6.45, 7) is 8.78. The fraction of sp³-hybridized carbons (Fsp3) is 0.458. The first-order valence-electron chi connectivity index (χ1n) is 10.7. The second-order valence-electron chi connectivity index (χ2n) is 8.24. The number of carbonyl (C=O) groups excluding carboxylic acids is 1. The monoisotopic (exact) mass is 428 g/mol. The number of nitrogens with zero attached hydrogens (tertiary/aromatic N) is 1. The molecule has 0 amide bonds. The van der Waals surface area contributed by atoms with Gasteiger partial charge in [0.05, 0.1) is 6.61 Å². The van der Waals surface area contributed by atoms with Crippen LogP contribution in [-0.4, -0.2) is 43.2 Å². The van der Waals surface area contributed by atoms with Crippen molar-refractivity contribution in [1.82, 2.24) is 10.2 Å². The molecule has 1 saturated heterocycles. The highest BCUT2D eigenvalue weighted by Crippen LogP contribution is 2.44. The van der Waals surface area contributed by atoms with Crippen LogP contribution in [0.25, 0.3) is 0 Å². The van der Waals surface area contributed by atoms with Crippen LogP contribution in [0.3, 0.4) is 0 Å². The Morgan fingerprint density at radius 3 is 2.87 bits per heavy atom. The Hall–Kier alpha value is -1.89. The largest absolute Gasteiger partial charge is 0.465 e. The van der Waals surface area contributed by atoms with E-state index in [9.17, 15) is 9.18 Å². The second-order valence-corrected chi connectivity index (χ2v) is 9.32. The van der Waals surface area contributed by atoms with Crippen molar-refractivity contribution in [3.05, 3.63) is 58.9 Å². The molecule has 0 radical (unpaired) electrons. The summed E-state index contributed by atoms with van der Waals surface area (Å²) in [6.07, 6.45) is 0.743. The number of halogens is 1. The lowest BCUT2D eigenvalue weighted by molar-refractivity contribution is -0.151. The normalized spacial score (nSPS) is 21.6. The maximum Gasteiger partial charge on any atom is 0.324 e. The molecule has 30 heavy (non-hydrogen) atoms. The minimum atomic E-state index is -0.328. The van der Waals surface area contributed by atoms with E-state index in [-0.39, 0.29) is 23.9 Å². The van der Waals surface area contributed by atoms with Crippen molar-refractivity contribution in [3.8, 4) is 0 Å². The minimum Gasteiger partial charge on any atom is -0.465 e. The highest BCUT2D eigenvalue weighted by molar-refractivity contribution is 7.99. The van der Waals surface area contributed by atoms with Gasteiger partial charge in [0.15, 0.2) is 0 Å². The van der Waals surface area contributed by atoms with E-state index in [2.05, 4.69) is 42.3 Å². The van der Waals surface area contributed by atoms with E-state index in [1.165, 1.54) is 17.2 Å². The summed E-state index contributed by atoms with van der Waals surface area (Å²) in [5, 5.41) is 3.34. The zero-order valence-corrected chi connectivity index (χ0v) is 18.6. The summed E-state index contributed by atoms with van der Waals surface area (Å²) < 4.78 is 19.4. The molecule has 2 aliphatic heterocycles. The van der Waals surface area contributed by atoms with Crippen molar-refractivity contribution in [2.75, 3.05) is 26.2 Å². The molecule has 0 aliphatic carbocycles. The van der Waals surface area contributed by atoms with Crippen LogP contribution in [0.15, 0.2) is 46.2 Å². The Balaban J connectivity index is 1.81. The van der Waals surface area contributed by atoms with Crippen LogP contribution in [0, 0.1) is 5.82 Å². The molecule has 0 bridgehead atoms. The van der Waals surface area contributed by atoms with Gasteiger partial charge >= 0.3 is 5.97 Å². The van der Waals surface area contributed by atoms with Gasteiger partial charge in [-0.3, -0.25) is 9.69 Å². The zero-order chi connectivity index (χ0) is 21.3. The van der Waals surface area contributed by atoms with E-state index in [1.54, 1.807) is 17.8 Å². The van der Waals surface area contributed by atoms with Crippen molar-refractivity contribution in [1.29, 1.82) is 0 Å². The quantitative estimate of drug-likeness (QED) is 0.725. The lowest BCUT2D eigenvalue weighted by atomic mass is 9.92. The number of esters is 1. The Morgan fingerprint density at radius 2 is 2.10 bits per heavy atom. The van der Waals surface area contributed by atoms with Crippen LogP contribution >= 0.6 is 11.8 Å². The molecule has 2 aliphatic rings. The average molecular weight is 429 g/mol. The molecule has 1 N–H and O–H groups in total. The molecule has 1 fully saturated rings. The molecule has 160 valence electrons. The summed E-state index contributed by atoms with van der Waals surface area (Å²) in [5.41, 5.74) is 3.62. The summed E-state index contributed by atoms with van der Waals surface area (Å²) >= 11 is 1.63. The van der Waals surface area contributed by atoms with Crippen LogP contribution in [0.1, 0.15) is 49.4 Å². The van der Waals surface area contributed by atoms with E-state index in [4.69, 9.17) is 4.74 Å². The van der Waals surface area contributed by atoms with E-state index < -0.39 is 0 Å². The number of carbonyl (C=O) groups is 1. The Kier molecular flexibility index (Phi) is 6.46. The van der Waals surface area contributed by atoms with Gasteiger partial charge in [-0.2, -0.15) is 0 Å². The molecule has 0 saturated carbocycles. The summed E-state index contributed by atoms with van der Waals surface area (Å²) in [7, 11) is 0. The molecule has 0 aromatic heterocycles. The van der Waals surface area contributed by atoms with Crippen molar-refractivity contribution in [3.63, 3.8) is 0 Å². The van der Waals surface area contributed by atoms with Gasteiger partial charge in [-0.05, 0) is 54.2 Å². The van der Waals surface area contributed by atoms with E-state index >= 15 is 0 Å². The van der Waals surface area contributed by atoms with Crippen LogP contribution in [0.2, 0.25) is 0 Å². The number of benzene rings is 2. The van der Waals surface area contributed by atoms with Gasteiger partial charge < -0.3 is 10.1 Å². The maximum atomic E-state index is 14.0. The number of piperazine rings is 1. The molecule has 6 heteroatoms. The molecular formula is C24H29FN2O2S.